The van der Waals surface area contributed by atoms with Crippen molar-refractivity contribution in [2.45, 2.75) is 70.5 Å². The number of carbonyl (C=O) groups is 6. The molecule has 0 fully saturated rings. The molecule has 0 spiro atoms. The molecule has 8 N–H and O–H groups in total. The van der Waals surface area contributed by atoms with Gasteiger partial charge in [-0.15, -0.1) is 0 Å². The Balaban J connectivity index is 2.98. The van der Waals surface area contributed by atoms with Gasteiger partial charge in [-0.1, -0.05) is 18.7 Å². The molecule has 2 amide bonds. The summed E-state index contributed by atoms with van der Waals surface area (Å²) in [7, 11) is 0. The number of hydrogen-bond donors (Lipinski definition) is 6. The average Bonchev–Trinajstić information content (AvgIpc) is 3.32. The molecular weight excluding hydrogens is 532 g/mol. The van der Waals surface area contributed by atoms with Crippen molar-refractivity contribution in [1.82, 2.24) is 20.2 Å². The van der Waals surface area contributed by atoms with Gasteiger partial charge >= 0.3 is 11.9 Å². The maximum absolute atomic E-state index is 13.3. The summed E-state index contributed by atoms with van der Waals surface area (Å²) in [4.78, 5) is 76.6. The first-order valence-electron chi connectivity index (χ1n) is 12.6. The summed E-state index contributed by atoms with van der Waals surface area (Å²) in [5.41, 5.74) is 11.7. The van der Waals surface area contributed by atoms with E-state index in [1.807, 2.05) is 11.5 Å². The van der Waals surface area contributed by atoms with Crippen LogP contribution in [0.25, 0.3) is 0 Å². The Morgan fingerprint density at radius 1 is 1.15 bits per heavy atom. The maximum Gasteiger partial charge on any atom is 0.322 e. The Kier molecular flexibility index (Phi) is 15.6. The lowest BCUT2D eigenvalue weighted by Crippen LogP contribution is -2.49. The fraction of sp³-hybridized carbons (Fsp3) is 0.625. The standard InChI is InChI=1S/C24H38N6O8S/c1-2-8-30-14-27-11-16(30)9-15(10-17(31)4-3-7-25)24(38)39-13-19(22(35)28-12-21(33)34)29-20(32)6-5-18(26)23(36)37/h11,14-15,18-19H,2-10,12-13,25-26H2,1H3,(H,28,35)(H,29,32)(H,33,34)(H,36,37)/t15-,18?,19?/m1/s1. The molecule has 0 aromatic carbocycles. The summed E-state index contributed by atoms with van der Waals surface area (Å²) in [5, 5.41) is 21.9. The van der Waals surface area contributed by atoms with Crippen molar-refractivity contribution in [1.29, 1.82) is 0 Å². The topological polar surface area (TPSA) is 237 Å². The molecular formula is C24H38N6O8S. The molecule has 39 heavy (non-hydrogen) atoms. The number of nitrogens with zero attached hydrogens (tertiary/aromatic N) is 2. The van der Waals surface area contributed by atoms with Gasteiger partial charge in [0.25, 0.3) is 0 Å². The maximum atomic E-state index is 13.3. The number of nitrogens with two attached hydrogens (primary N) is 2. The van der Waals surface area contributed by atoms with Crippen molar-refractivity contribution >= 4 is 46.4 Å². The van der Waals surface area contributed by atoms with Crippen molar-refractivity contribution in [3.8, 4) is 0 Å². The summed E-state index contributed by atoms with van der Waals surface area (Å²) in [6.07, 6.45) is 4.58. The Morgan fingerprint density at radius 2 is 1.87 bits per heavy atom. The smallest absolute Gasteiger partial charge is 0.322 e. The van der Waals surface area contributed by atoms with Crippen LogP contribution in [0.3, 0.4) is 0 Å². The van der Waals surface area contributed by atoms with Gasteiger partial charge in [0, 0.05) is 55.8 Å². The minimum absolute atomic E-state index is 0.0293. The van der Waals surface area contributed by atoms with Gasteiger partial charge in [-0.2, -0.15) is 0 Å². The molecule has 0 saturated heterocycles. The first-order chi connectivity index (χ1) is 18.5. The van der Waals surface area contributed by atoms with Crippen LogP contribution in [-0.4, -0.2) is 85.3 Å². The van der Waals surface area contributed by atoms with Crippen molar-refractivity contribution in [2.75, 3.05) is 18.8 Å². The molecule has 0 aliphatic rings. The molecule has 0 radical (unpaired) electrons. The van der Waals surface area contributed by atoms with Gasteiger partial charge < -0.3 is 36.9 Å². The van der Waals surface area contributed by atoms with E-state index in [-0.39, 0.29) is 48.8 Å². The normalized spacial score (nSPS) is 13.2. The predicted octanol–water partition coefficient (Wildman–Crippen LogP) is -0.713. The Morgan fingerprint density at radius 3 is 2.49 bits per heavy atom. The van der Waals surface area contributed by atoms with Crippen LogP contribution in [-0.2, 0) is 41.7 Å². The highest BCUT2D eigenvalue weighted by molar-refractivity contribution is 8.13. The van der Waals surface area contributed by atoms with Crippen LogP contribution in [0.2, 0.25) is 0 Å². The number of Topliss-reactive ketones (excluding diaryl/α,β-unsaturated/α-hetero) is 1. The van der Waals surface area contributed by atoms with E-state index in [2.05, 4.69) is 15.6 Å². The van der Waals surface area contributed by atoms with Gasteiger partial charge in [-0.3, -0.25) is 28.8 Å². The first kappa shape index (κ1) is 33.7. The highest BCUT2D eigenvalue weighted by Gasteiger charge is 2.28. The third kappa shape index (κ3) is 13.4. The molecule has 1 heterocycles. The number of carbonyl (C=O) groups excluding carboxylic acids is 4. The molecule has 15 heteroatoms. The number of rotatable bonds is 20. The number of imidazole rings is 1. The van der Waals surface area contributed by atoms with Crippen molar-refractivity contribution < 1.29 is 39.0 Å². The van der Waals surface area contributed by atoms with E-state index in [9.17, 15) is 28.8 Å². The fourth-order valence-electron chi connectivity index (χ4n) is 3.56. The zero-order valence-electron chi connectivity index (χ0n) is 22.0. The van der Waals surface area contributed by atoms with E-state index in [0.717, 1.165) is 23.9 Å². The van der Waals surface area contributed by atoms with Crippen LogP contribution in [0.15, 0.2) is 12.5 Å². The Labute approximate surface area is 230 Å². The number of hydrogen-bond acceptors (Lipinski definition) is 10. The molecule has 1 rings (SSSR count). The Hall–Kier alpha value is -3.30. The number of thioether (sulfide) groups is 1. The molecule has 2 unspecified atom stereocenters. The molecule has 0 saturated carbocycles. The highest BCUT2D eigenvalue weighted by Crippen LogP contribution is 2.22. The number of aryl methyl sites for hydroxylation is 1. The van der Waals surface area contributed by atoms with Crippen LogP contribution in [0, 0.1) is 5.92 Å². The highest BCUT2D eigenvalue weighted by atomic mass is 32.2. The fourth-order valence-corrected chi connectivity index (χ4v) is 4.52. The van der Waals surface area contributed by atoms with Crippen LogP contribution >= 0.6 is 11.8 Å². The molecule has 0 aliphatic heterocycles. The minimum Gasteiger partial charge on any atom is -0.480 e. The van der Waals surface area contributed by atoms with Gasteiger partial charge in [0.15, 0.2) is 5.12 Å². The number of aliphatic carboxylic acids is 2. The number of nitrogens with one attached hydrogen (secondary N) is 2. The SMILES string of the molecule is CCCn1cncc1C[C@H](CC(=O)CCCN)C(=O)SCC(NC(=O)CCC(N)C(=O)O)C(=O)NCC(=O)O. The van der Waals surface area contributed by atoms with Gasteiger partial charge in [-0.05, 0) is 25.8 Å². The number of ketones is 1. The summed E-state index contributed by atoms with van der Waals surface area (Å²) < 4.78 is 1.90. The lowest BCUT2D eigenvalue weighted by atomic mass is 9.96. The van der Waals surface area contributed by atoms with E-state index < -0.39 is 48.3 Å². The molecule has 1 aromatic rings. The van der Waals surface area contributed by atoms with Crippen LogP contribution in [0.1, 0.15) is 51.1 Å². The van der Waals surface area contributed by atoms with Crippen LogP contribution < -0.4 is 22.1 Å². The molecule has 14 nitrogen and oxygen atoms in total. The summed E-state index contributed by atoms with van der Waals surface area (Å²) in [6.45, 7) is 2.33. The van der Waals surface area contributed by atoms with Crippen LogP contribution in [0.4, 0.5) is 0 Å². The van der Waals surface area contributed by atoms with Gasteiger partial charge in [-0.25, -0.2) is 4.98 Å². The van der Waals surface area contributed by atoms with E-state index in [0.29, 0.717) is 19.5 Å². The zero-order chi connectivity index (χ0) is 29.4. The lowest BCUT2D eigenvalue weighted by Gasteiger charge is -2.20. The number of carboxylic acid groups (broad SMARTS) is 2. The zero-order valence-corrected chi connectivity index (χ0v) is 22.8. The first-order valence-corrected chi connectivity index (χ1v) is 13.6. The average molecular weight is 571 g/mol. The van der Waals surface area contributed by atoms with Crippen LogP contribution in [0.5, 0.6) is 0 Å². The largest absolute Gasteiger partial charge is 0.480 e. The summed E-state index contributed by atoms with van der Waals surface area (Å²) >= 11 is 0.746. The molecule has 0 bridgehead atoms. The molecule has 0 aliphatic carbocycles. The third-order valence-corrected chi connectivity index (χ3v) is 6.76. The Bertz CT molecular complexity index is 1000. The van der Waals surface area contributed by atoms with Gasteiger partial charge in [0.2, 0.25) is 11.8 Å². The third-order valence-electron chi connectivity index (χ3n) is 5.64. The second kappa shape index (κ2) is 18.1. The minimum atomic E-state index is -1.30. The van der Waals surface area contributed by atoms with Crippen molar-refractivity contribution in [3.63, 3.8) is 0 Å². The predicted molar refractivity (Wildman–Crippen MR) is 143 cm³/mol. The van der Waals surface area contributed by atoms with Crippen molar-refractivity contribution in [3.05, 3.63) is 18.2 Å². The van der Waals surface area contributed by atoms with Gasteiger partial charge in [0.1, 0.15) is 24.4 Å². The van der Waals surface area contributed by atoms with E-state index in [4.69, 9.17) is 21.7 Å². The van der Waals surface area contributed by atoms with Gasteiger partial charge in [0.05, 0.1) is 6.33 Å². The van der Waals surface area contributed by atoms with E-state index >= 15 is 0 Å². The molecule has 218 valence electrons. The molecule has 1 aromatic heterocycles. The lowest BCUT2D eigenvalue weighted by molar-refractivity contribution is -0.139. The monoisotopic (exact) mass is 570 g/mol. The number of amides is 2. The number of carboxylic acids is 2. The van der Waals surface area contributed by atoms with E-state index in [1.165, 1.54) is 0 Å². The quantitative estimate of drug-likeness (QED) is 0.114. The van der Waals surface area contributed by atoms with E-state index in [1.54, 1.807) is 12.5 Å². The molecule has 3 atom stereocenters. The second-order valence-electron chi connectivity index (χ2n) is 8.96. The van der Waals surface area contributed by atoms with Crippen molar-refractivity contribution in [2.24, 2.45) is 17.4 Å². The summed E-state index contributed by atoms with van der Waals surface area (Å²) in [5.74, 6) is -5.18. The number of aromatic nitrogens is 2. The summed E-state index contributed by atoms with van der Waals surface area (Å²) in [6, 6.07) is -2.56. The second-order valence-corrected chi connectivity index (χ2v) is 9.98.